The molecule has 2 N–H and O–H groups in total. The molecule has 0 aliphatic carbocycles. The molecule has 29 heavy (non-hydrogen) atoms. The Labute approximate surface area is 167 Å². The number of amides is 1. The van der Waals surface area contributed by atoms with Gasteiger partial charge in [-0.15, -0.1) is 0 Å². The minimum Gasteiger partial charge on any atom is -0.491 e. The molecule has 0 spiro atoms. The zero-order valence-electron chi connectivity index (χ0n) is 16.2. The Morgan fingerprint density at radius 1 is 1.24 bits per heavy atom. The lowest BCUT2D eigenvalue weighted by atomic mass is 10.1. The van der Waals surface area contributed by atoms with E-state index in [0.29, 0.717) is 16.7 Å². The van der Waals surface area contributed by atoms with Crippen molar-refractivity contribution in [3.05, 3.63) is 70.4 Å². The van der Waals surface area contributed by atoms with Crippen molar-refractivity contribution in [2.75, 3.05) is 6.54 Å². The van der Waals surface area contributed by atoms with Gasteiger partial charge in [-0.2, -0.15) is 0 Å². The second-order valence-corrected chi connectivity index (χ2v) is 7.00. The average molecular weight is 397 g/mol. The van der Waals surface area contributed by atoms with E-state index >= 15 is 0 Å². The third-order valence-electron chi connectivity index (χ3n) is 4.39. The van der Waals surface area contributed by atoms with E-state index in [9.17, 15) is 20.0 Å². The van der Waals surface area contributed by atoms with E-state index in [2.05, 4.69) is 5.32 Å². The number of hydrogen-bond donors (Lipinski definition) is 2. The second-order valence-electron chi connectivity index (χ2n) is 7.00. The van der Waals surface area contributed by atoms with E-state index in [-0.39, 0.29) is 30.8 Å². The number of carbonyl (C=O) groups is 1. The molecule has 1 atom stereocenters. The monoisotopic (exact) mass is 397 g/mol. The lowest BCUT2D eigenvalue weighted by molar-refractivity contribution is -0.384. The molecule has 3 aromatic rings. The number of nitrogens with zero attached hydrogens (tertiary/aromatic N) is 2. The summed E-state index contributed by atoms with van der Waals surface area (Å²) < 4.78 is 7.33. The van der Waals surface area contributed by atoms with Gasteiger partial charge >= 0.3 is 0 Å². The first-order valence-corrected chi connectivity index (χ1v) is 9.28. The summed E-state index contributed by atoms with van der Waals surface area (Å²) >= 11 is 0. The lowest BCUT2D eigenvalue weighted by Crippen LogP contribution is -2.31. The first-order valence-electron chi connectivity index (χ1n) is 9.28. The summed E-state index contributed by atoms with van der Waals surface area (Å²) in [7, 11) is 0. The summed E-state index contributed by atoms with van der Waals surface area (Å²) in [5.74, 6) is 0.394. The zero-order chi connectivity index (χ0) is 21.0. The molecule has 1 aromatic heterocycles. The SMILES string of the molecule is CC(C)Oc1cccc(C(O)CNC(=O)Cn2ccc3cc([N+](=O)[O-])ccc32)c1. The second kappa shape index (κ2) is 8.74. The Bertz CT molecular complexity index is 1030. The van der Waals surface area contributed by atoms with Crippen molar-refractivity contribution < 1.29 is 19.6 Å². The van der Waals surface area contributed by atoms with Crippen LogP contribution < -0.4 is 10.1 Å². The van der Waals surface area contributed by atoms with Crippen molar-refractivity contribution in [1.82, 2.24) is 9.88 Å². The van der Waals surface area contributed by atoms with E-state index < -0.39 is 11.0 Å². The molecule has 152 valence electrons. The number of aliphatic hydroxyl groups excluding tert-OH is 1. The normalized spacial score (nSPS) is 12.1. The van der Waals surface area contributed by atoms with Gasteiger partial charge in [-0.25, -0.2) is 0 Å². The largest absolute Gasteiger partial charge is 0.491 e. The van der Waals surface area contributed by atoms with Crippen molar-refractivity contribution in [2.24, 2.45) is 0 Å². The fraction of sp³-hybridized carbons (Fsp3) is 0.286. The van der Waals surface area contributed by atoms with Gasteiger partial charge in [0.1, 0.15) is 12.3 Å². The molecule has 1 amide bonds. The number of benzene rings is 2. The van der Waals surface area contributed by atoms with Gasteiger partial charge in [0.2, 0.25) is 5.91 Å². The molecule has 8 nitrogen and oxygen atoms in total. The molecular formula is C21H23N3O5. The summed E-state index contributed by atoms with van der Waals surface area (Å²) in [4.78, 5) is 22.7. The molecule has 8 heteroatoms. The van der Waals surface area contributed by atoms with Crippen LogP contribution in [0.2, 0.25) is 0 Å². The van der Waals surface area contributed by atoms with Crippen LogP contribution in [-0.4, -0.2) is 33.2 Å². The maximum Gasteiger partial charge on any atom is 0.270 e. The molecule has 0 saturated heterocycles. The fourth-order valence-electron chi connectivity index (χ4n) is 3.05. The molecule has 0 saturated carbocycles. The number of non-ortho nitro benzene ring substituents is 1. The Morgan fingerprint density at radius 2 is 2.03 bits per heavy atom. The molecule has 0 aliphatic rings. The van der Waals surface area contributed by atoms with Crippen LogP contribution in [0.15, 0.2) is 54.7 Å². The number of aliphatic hydroxyl groups is 1. The van der Waals surface area contributed by atoms with Gasteiger partial charge in [0.25, 0.3) is 5.69 Å². The van der Waals surface area contributed by atoms with Crippen LogP contribution in [0, 0.1) is 10.1 Å². The number of carbonyl (C=O) groups excluding carboxylic acids is 1. The highest BCUT2D eigenvalue weighted by molar-refractivity contribution is 5.85. The standard InChI is InChI=1S/C21H23N3O5/c1-14(2)29-18-5-3-4-16(11-18)20(25)12-22-21(26)13-23-9-8-15-10-17(24(27)28)6-7-19(15)23/h3-11,14,20,25H,12-13H2,1-2H3,(H,22,26). The number of nitro benzene ring substituents is 1. The van der Waals surface area contributed by atoms with Crippen LogP contribution in [0.1, 0.15) is 25.5 Å². The van der Waals surface area contributed by atoms with Crippen molar-refractivity contribution in [2.45, 2.75) is 32.6 Å². The van der Waals surface area contributed by atoms with E-state index in [1.165, 1.54) is 12.1 Å². The molecule has 1 heterocycles. The van der Waals surface area contributed by atoms with Crippen LogP contribution in [0.4, 0.5) is 5.69 Å². The van der Waals surface area contributed by atoms with Crippen LogP contribution in [-0.2, 0) is 11.3 Å². The number of hydrogen-bond acceptors (Lipinski definition) is 5. The zero-order valence-corrected chi connectivity index (χ0v) is 16.2. The quantitative estimate of drug-likeness (QED) is 0.448. The maximum atomic E-state index is 12.3. The molecular weight excluding hydrogens is 374 g/mol. The topological polar surface area (TPSA) is 107 Å². The highest BCUT2D eigenvalue weighted by Gasteiger charge is 2.13. The minimum atomic E-state index is -0.862. The van der Waals surface area contributed by atoms with E-state index in [0.717, 1.165) is 5.52 Å². The summed E-state index contributed by atoms with van der Waals surface area (Å²) in [5.41, 5.74) is 1.39. The van der Waals surface area contributed by atoms with Gasteiger partial charge in [-0.05, 0) is 43.7 Å². The van der Waals surface area contributed by atoms with E-state index in [4.69, 9.17) is 4.74 Å². The maximum absolute atomic E-state index is 12.3. The summed E-state index contributed by atoms with van der Waals surface area (Å²) in [6.45, 7) is 3.96. The van der Waals surface area contributed by atoms with Crippen molar-refractivity contribution >= 4 is 22.5 Å². The molecule has 0 radical (unpaired) electrons. The van der Waals surface area contributed by atoms with E-state index in [1.54, 1.807) is 41.1 Å². The van der Waals surface area contributed by atoms with Crippen LogP contribution in [0.5, 0.6) is 5.75 Å². The molecule has 3 rings (SSSR count). The first kappa shape index (κ1) is 20.3. The van der Waals surface area contributed by atoms with Gasteiger partial charge in [0, 0.05) is 35.8 Å². The van der Waals surface area contributed by atoms with Gasteiger partial charge in [-0.3, -0.25) is 14.9 Å². The van der Waals surface area contributed by atoms with Gasteiger partial charge in [0.05, 0.1) is 17.1 Å². The highest BCUT2D eigenvalue weighted by atomic mass is 16.6. The van der Waals surface area contributed by atoms with Crippen molar-refractivity contribution in [1.29, 1.82) is 0 Å². The number of nitro groups is 1. The van der Waals surface area contributed by atoms with Crippen LogP contribution >= 0.6 is 0 Å². The molecule has 0 fully saturated rings. The number of ether oxygens (including phenoxy) is 1. The minimum absolute atomic E-state index is 0.00602. The Balaban J connectivity index is 1.60. The molecule has 0 bridgehead atoms. The third-order valence-corrected chi connectivity index (χ3v) is 4.39. The van der Waals surface area contributed by atoms with Gasteiger partial charge < -0.3 is 19.7 Å². The predicted octanol–water partition coefficient (Wildman–Crippen LogP) is 3.19. The Morgan fingerprint density at radius 3 is 2.76 bits per heavy atom. The smallest absolute Gasteiger partial charge is 0.270 e. The Kier molecular flexibility index (Phi) is 6.13. The number of rotatable bonds is 8. The van der Waals surface area contributed by atoms with Crippen molar-refractivity contribution in [3.8, 4) is 5.75 Å². The summed E-state index contributed by atoms with van der Waals surface area (Å²) in [6.07, 6.45) is 0.871. The van der Waals surface area contributed by atoms with Gasteiger partial charge in [0.15, 0.2) is 0 Å². The lowest BCUT2D eigenvalue weighted by Gasteiger charge is -2.15. The fourth-order valence-corrected chi connectivity index (χ4v) is 3.05. The number of nitrogens with one attached hydrogen (secondary N) is 1. The van der Waals surface area contributed by atoms with Crippen molar-refractivity contribution in [3.63, 3.8) is 0 Å². The van der Waals surface area contributed by atoms with Crippen LogP contribution in [0.3, 0.4) is 0 Å². The highest BCUT2D eigenvalue weighted by Crippen LogP contribution is 2.22. The molecule has 2 aromatic carbocycles. The third kappa shape index (κ3) is 5.11. The summed E-state index contributed by atoms with van der Waals surface area (Å²) in [6, 6.07) is 13.4. The molecule has 0 aliphatic heterocycles. The summed E-state index contributed by atoms with van der Waals surface area (Å²) in [5, 5.41) is 24.6. The first-order chi connectivity index (χ1) is 13.8. The van der Waals surface area contributed by atoms with E-state index in [1.807, 2.05) is 19.9 Å². The average Bonchev–Trinajstić information content (AvgIpc) is 3.07. The van der Waals surface area contributed by atoms with Gasteiger partial charge in [-0.1, -0.05) is 12.1 Å². The number of aromatic nitrogens is 1. The molecule has 1 unspecified atom stereocenters. The Hall–Kier alpha value is -3.39. The van der Waals surface area contributed by atoms with Crippen LogP contribution in [0.25, 0.3) is 10.9 Å². The number of fused-ring (bicyclic) bond motifs is 1. The predicted molar refractivity (Wildman–Crippen MR) is 109 cm³/mol.